The molecule has 1 fully saturated rings. The van der Waals surface area contributed by atoms with Crippen LogP contribution in [0.15, 0.2) is 35.7 Å². The van der Waals surface area contributed by atoms with Crippen LogP contribution in [0.1, 0.15) is 11.1 Å². The highest BCUT2D eigenvalue weighted by atomic mass is 32.2. The Balaban J connectivity index is 2.00. The molecule has 8 heteroatoms. The molecule has 1 aromatic rings. The Morgan fingerprint density at radius 3 is 2.40 bits per heavy atom. The van der Waals surface area contributed by atoms with E-state index in [4.69, 9.17) is 0 Å². The second-order valence-corrected chi connectivity index (χ2v) is 7.88. The van der Waals surface area contributed by atoms with Crippen molar-refractivity contribution in [3.05, 3.63) is 42.0 Å². The lowest BCUT2D eigenvalue weighted by Crippen LogP contribution is -2.52. The summed E-state index contributed by atoms with van der Waals surface area (Å²) >= 11 is 0. The van der Waals surface area contributed by atoms with Crippen LogP contribution in [0.25, 0.3) is 0 Å². The number of carbonyl (C=O) groups excluding carboxylic acids is 2. The van der Waals surface area contributed by atoms with Crippen LogP contribution in [-0.4, -0.2) is 62.2 Å². The molecule has 0 aliphatic carbocycles. The molecule has 1 aromatic carbocycles. The van der Waals surface area contributed by atoms with Crippen molar-refractivity contribution in [2.75, 3.05) is 32.7 Å². The predicted molar refractivity (Wildman–Crippen MR) is 94.5 cm³/mol. The molecule has 0 radical (unpaired) electrons. The van der Waals surface area contributed by atoms with Crippen LogP contribution in [0.2, 0.25) is 0 Å². The van der Waals surface area contributed by atoms with E-state index in [1.54, 1.807) is 24.0 Å². The van der Waals surface area contributed by atoms with Gasteiger partial charge in [-0.15, -0.1) is 0 Å². The highest BCUT2D eigenvalue weighted by Gasteiger charge is 2.30. The van der Waals surface area contributed by atoms with Gasteiger partial charge < -0.3 is 10.2 Å². The van der Waals surface area contributed by atoms with Gasteiger partial charge in [0.15, 0.2) is 0 Å². The number of hydrogen-bond donors (Lipinski definition) is 1. The van der Waals surface area contributed by atoms with Crippen LogP contribution >= 0.6 is 0 Å². The van der Waals surface area contributed by atoms with Gasteiger partial charge in [0, 0.05) is 26.2 Å². The molecule has 0 bridgehead atoms. The molecule has 25 heavy (non-hydrogen) atoms. The summed E-state index contributed by atoms with van der Waals surface area (Å²) in [5.74, 6) is -0.650. The summed E-state index contributed by atoms with van der Waals surface area (Å²) in [5, 5.41) is 2.43. The van der Waals surface area contributed by atoms with E-state index in [0.29, 0.717) is 23.5 Å². The summed E-state index contributed by atoms with van der Waals surface area (Å²) in [6, 6.07) is 5.25. The first-order valence-corrected chi connectivity index (χ1v) is 9.45. The van der Waals surface area contributed by atoms with E-state index in [2.05, 4.69) is 11.9 Å². The second-order valence-electron chi connectivity index (χ2n) is 5.98. The molecule has 0 aromatic heterocycles. The lowest BCUT2D eigenvalue weighted by atomic mass is 10.2. The standard InChI is InChI=1S/C17H23N3O4S/c1-4-16(21)18-12-17(22)19-7-9-20(10-8-19)25(23,24)15-6-5-13(2)11-14(15)3/h4-6,11H,1,7-10,12H2,2-3H3,(H,18,21). The number of sulfonamides is 1. The Morgan fingerprint density at radius 2 is 1.84 bits per heavy atom. The highest BCUT2D eigenvalue weighted by Crippen LogP contribution is 2.22. The van der Waals surface area contributed by atoms with E-state index < -0.39 is 15.9 Å². The topological polar surface area (TPSA) is 86.8 Å². The van der Waals surface area contributed by atoms with Gasteiger partial charge in [-0.3, -0.25) is 9.59 Å². The third kappa shape index (κ3) is 4.46. The van der Waals surface area contributed by atoms with Crippen molar-refractivity contribution >= 4 is 21.8 Å². The van der Waals surface area contributed by atoms with Crippen LogP contribution in [0, 0.1) is 13.8 Å². The summed E-state index contributed by atoms with van der Waals surface area (Å²) in [4.78, 5) is 25.0. The molecule has 1 aliphatic heterocycles. The summed E-state index contributed by atoms with van der Waals surface area (Å²) in [7, 11) is -3.58. The predicted octanol–water partition coefficient (Wildman–Crippen LogP) is 0.439. The summed E-state index contributed by atoms with van der Waals surface area (Å²) in [6.07, 6.45) is 1.10. The molecule has 0 saturated carbocycles. The number of nitrogens with one attached hydrogen (secondary N) is 1. The minimum absolute atomic E-state index is 0.116. The van der Waals surface area contributed by atoms with Crippen LogP contribution < -0.4 is 5.32 Å². The Bertz CT molecular complexity index is 781. The van der Waals surface area contributed by atoms with Gasteiger partial charge in [0.25, 0.3) is 0 Å². The lowest BCUT2D eigenvalue weighted by molar-refractivity contribution is -0.133. The average Bonchev–Trinajstić information content (AvgIpc) is 2.59. The molecule has 0 unspecified atom stereocenters. The average molecular weight is 365 g/mol. The zero-order valence-electron chi connectivity index (χ0n) is 14.5. The second kappa shape index (κ2) is 7.79. The molecular formula is C17H23N3O4S. The fraction of sp³-hybridized carbons (Fsp3) is 0.412. The zero-order chi connectivity index (χ0) is 18.6. The van der Waals surface area contributed by atoms with Crippen LogP contribution in [-0.2, 0) is 19.6 Å². The molecule has 1 heterocycles. The van der Waals surface area contributed by atoms with Gasteiger partial charge in [-0.25, -0.2) is 8.42 Å². The lowest BCUT2D eigenvalue weighted by Gasteiger charge is -2.34. The van der Waals surface area contributed by atoms with Crippen molar-refractivity contribution < 1.29 is 18.0 Å². The SMILES string of the molecule is C=CC(=O)NCC(=O)N1CCN(S(=O)(=O)c2ccc(C)cc2C)CC1. The molecule has 1 aliphatic rings. The highest BCUT2D eigenvalue weighted by molar-refractivity contribution is 7.89. The zero-order valence-corrected chi connectivity index (χ0v) is 15.3. The number of carbonyl (C=O) groups is 2. The van der Waals surface area contributed by atoms with E-state index >= 15 is 0 Å². The third-order valence-corrected chi connectivity index (χ3v) is 6.20. The van der Waals surface area contributed by atoms with Gasteiger partial charge in [-0.1, -0.05) is 24.3 Å². The first kappa shape index (κ1) is 19.1. The van der Waals surface area contributed by atoms with E-state index in [1.165, 1.54) is 4.31 Å². The Kier molecular flexibility index (Phi) is 5.97. The number of aryl methyl sites for hydroxylation is 2. The minimum Gasteiger partial charge on any atom is -0.343 e. The summed E-state index contributed by atoms with van der Waals surface area (Å²) in [6.45, 7) is 7.96. The smallest absolute Gasteiger partial charge is 0.243 e. The van der Waals surface area contributed by atoms with Crippen molar-refractivity contribution in [1.29, 1.82) is 0 Å². The van der Waals surface area contributed by atoms with Crippen LogP contribution in [0.4, 0.5) is 0 Å². The van der Waals surface area contributed by atoms with E-state index in [9.17, 15) is 18.0 Å². The van der Waals surface area contributed by atoms with Crippen LogP contribution in [0.3, 0.4) is 0 Å². The maximum absolute atomic E-state index is 12.8. The molecule has 1 saturated heterocycles. The van der Waals surface area contributed by atoms with Gasteiger partial charge in [0.05, 0.1) is 11.4 Å². The Labute approximate surface area is 148 Å². The molecule has 7 nitrogen and oxygen atoms in total. The fourth-order valence-electron chi connectivity index (χ4n) is 2.75. The number of benzene rings is 1. The molecule has 2 rings (SSSR count). The first-order chi connectivity index (χ1) is 11.8. The summed E-state index contributed by atoms with van der Waals surface area (Å²) < 4.78 is 27.0. The van der Waals surface area contributed by atoms with E-state index in [-0.39, 0.29) is 25.5 Å². The maximum Gasteiger partial charge on any atom is 0.243 e. The van der Waals surface area contributed by atoms with E-state index in [0.717, 1.165) is 11.6 Å². The number of nitrogens with zero attached hydrogens (tertiary/aromatic N) is 2. The van der Waals surface area contributed by atoms with Crippen molar-refractivity contribution in [1.82, 2.24) is 14.5 Å². The van der Waals surface area contributed by atoms with Gasteiger partial charge in [-0.2, -0.15) is 4.31 Å². The molecule has 2 amide bonds. The minimum atomic E-state index is -3.58. The van der Waals surface area contributed by atoms with Crippen molar-refractivity contribution in [2.24, 2.45) is 0 Å². The largest absolute Gasteiger partial charge is 0.343 e. The number of piperazine rings is 1. The molecule has 1 N–H and O–H groups in total. The van der Waals surface area contributed by atoms with Crippen LogP contribution in [0.5, 0.6) is 0 Å². The van der Waals surface area contributed by atoms with E-state index in [1.807, 2.05) is 13.0 Å². The normalized spacial score (nSPS) is 15.7. The number of rotatable bonds is 5. The fourth-order valence-corrected chi connectivity index (χ4v) is 4.38. The number of amides is 2. The molecule has 0 spiro atoms. The van der Waals surface area contributed by atoms with Crippen molar-refractivity contribution in [3.63, 3.8) is 0 Å². The molecule has 136 valence electrons. The Morgan fingerprint density at radius 1 is 1.20 bits per heavy atom. The van der Waals surface area contributed by atoms with Gasteiger partial charge in [0.2, 0.25) is 21.8 Å². The van der Waals surface area contributed by atoms with Gasteiger partial charge >= 0.3 is 0 Å². The maximum atomic E-state index is 12.8. The van der Waals surface area contributed by atoms with Crippen molar-refractivity contribution in [3.8, 4) is 0 Å². The third-order valence-electron chi connectivity index (χ3n) is 4.14. The quantitative estimate of drug-likeness (QED) is 0.767. The molecule has 0 atom stereocenters. The van der Waals surface area contributed by atoms with Gasteiger partial charge in [-0.05, 0) is 31.6 Å². The Hall–Kier alpha value is -2.19. The number of hydrogen-bond acceptors (Lipinski definition) is 4. The van der Waals surface area contributed by atoms with Crippen molar-refractivity contribution in [2.45, 2.75) is 18.7 Å². The van der Waals surface area contributed by atoms with Gasteiger partial charge in [0.1, 0.15) is 0 Å². The first-order valence-electron chi connectivity index (χ1n) is 8.01. The summed E-state index contributed by atoms with van der Waals surface area (Å²) in [5.41, 5.74) is 1.72. The monoisotopic (exact) mass is 365 g/mol. The molecular weight excluding hydrogens is 342 g/mol.